The van der Waals surface area contributed by atoms with Crippen molar-refractivity contribution >= 4 is 0 Å². The van der Waals surface area contributed by atoms with Crippen LogP contribution in [0.4, 0.5) is 13.2 Å². The number of alkyl halides is 3. The van der Waals surface area contributed by atoms with E-state index in [1.165, 1.54) is 18.4 Å². The zero-order valence-corrected chi connectivity index (χ0v) is 6.30. The first-order valence-corrected chi connectivity index (χ1v) is 3.28. The maximum absolute atomic E-state index is 12.2. The average molecular weight is 187 g/mol. The van der Waals surface area contributed by atoms with Gasteiger partial charge in [0.1, 0.15) is 0 Å². The van der Waals surface area contributed by atoms with E-state index >= 15 is 0 Å². The van der Waals surface area contributed by atoms with E-state index in [0.29, 0.717) is 0 Å². The van der Waals surface area contributed by atoms with Gasteiger partial charge in [-0.1, -0.05) is 12.1 Å². The van der Waals surface area contributed by atoms with E-state index in [1.807, 2.05) is 0 Å². The van der Waals surface area contributed by atoms with Crippen LogP contribution in [0.1, 0.15) is 5.56 Å². The Bertz CT molecular complexity index is 340. The maximum Gasteiger partial charge on any atom is 0.420 e. The number of halogens is 3. The number of nitriles is 1. The fraction of sp³-hybridized carbons (Fsp3) is 0.125. The fourth-order valence-electron chi connectivity index (χ4n) is 0.839. The minimum Gasteiger partial charge on any atom is -0.387 e. The number of ether oxygens (including phenoxy) is 1. The van der Waals surface area contributed by atoms with E-state index in [-0.39, 0.29) is 0 Å². The molecule has 0 atom stereocenters. The molecule has 13 heavy (non-hydrogen) atoms. The van der Waals surface area contributed by atoms with Crippen molar-refractivity contribution in [1.29, 1.82) is 5.26 Å². The maximum atomic E-state index is 12.2. The van der Waals surface area contributed by atoms with Crippen LogP contribution in [0, 0.1) is 11.5 Å². The van der Waals surface area contributed by atoms with Gasteiger partial charge in [0.25, 0.3) is 6.26 Å². The van der Waals surface area contributed by atoms with Gasteiger partial charge in [-0.25, -0.2) is 0 Å². The summed E-state index contributed by atoms with van der Waals surface area (Å²) in [5.41, 5.74) is -0.948. The Labute approximate surface area is 72.2 Å². The monoisotopic (exact) mass is 187 g/mol. The summed E-state index contributed by atoms with van der Waals surface area (Å²) in [6.45, 7) is 0. The lowest BCUT2D eigenvalue weighted by Crippen LogP contribution is -2.06. The molecule has 0 saturated carbocycles. The van der Waals surface area contributed by atoms with Crippen molar-refractivity contribution in [1.82, 2.24) is 0 Å². The van der Waals surface area contributed by atoms with Crippen LogP contribution in [0.25, 0.3) is 0 Å². The molecule has 0 heterocycles. The van der Waals surface area contributed by atoms with Crippen LogP contribution >= 0.6 is 0 Å². The molecule has 1 aromatic rings. The van der Waals surface area contributed by atoms with Gasteiger partial charge < -0.3 is 4.74 Å². The first kappa shape index (κ1) is 9.39. The molecule has 0 unspecified atom stereocenters. The van der Waals surface area contributed by atoms with E-state index in [1.54, 1.807) is 0 Å². The average Bonchev–Trinajstić information content (AvgIpc) is 2.04. The molecular weight excluding hydrogens is 183 g/mol. The van der Waals surface area contributed by atoms with E-state index in [4.69, 9.17) is 5.26 Å². The molecule has 0 fully saturated rings. The van der Waals surface area contributed by atoms with Gasteiger partial charge >= 0.3 is 6.18 Å². The summed E-state index contributed by atoms with van der Waals surface area (Å²) < 4.78 is 40.7. The standard InChI is InChI=1S/C8H4F3NO/c9-8(10,11)6-3-1-2-4-7(6)13-5-12/h1-4H. The van der Waals surface area contributed by atoms with Crippen molar-refractivity contribution in [3.05, 3.63) is 29.8 Å². The van der Waals surface area contributed by atoms with Crippen LogP contribution in [-0.2, 0) is 6.18 Å². The highest BCUT2D eigenvalue weighted by Crippen LogP contribution is 2.35. The number of benzene rings is 1. The summed E-state index contributed by atoms with van der Waals surface area (Å²) >= 11 is 0. The number of rotatable bonds is 1. The number of hydrogen-bond donors (Lipinski definition) is 0. The molecule has 0 aliphatic rings. The molecule has 5 heteroatoms. The fourth-order valence-corrected chi connectivity index (χ4v) is 0.839. The second-order valence-corrected chi connectivity index (χ2v) is 2.19. The Morgan fingerprint density at radius 1 is 1.23 bits per heavy atom. The van der Waals surface area contributed by atoms with Crippen molar-refractivity contribution in [3.63, 3.8) is 0 Å². The van der Waals surface area contributed by atoms with Crippen molar-refractivity contribution in [2.24, 2.45) is 0 Å². The van der Waals surface area contributed by atoms with Crippen LogP contribution in [0.3, 0.4) is 0 Å². The minimum atomic E-state index is -4.49. The van der Waals surface area contributed by atoms with E-state index in [2.05, 4.69) is 4.74 Å². The van der Waals surface area contributed by atoms with Gasteiger partial charge in [0, 0.05) is 0 Å². The first-order chi connectivity index (χ1) is 6.05. The first-order valence-electron chi connectivity index (χ1n) is 3.28. The Morgan fingerprint density at radius 2 is 1.85 bits per heavy atom. The molecule has 0 bridgehead atoms. The highest BCUT2D eigenvalue weighted by molar-refractivity contribution is 5.36. The molecule has 0 amide bonds. The minimum absolute atomic E-state index is 0.475. The van der Waals surface area contributed by atoms with Gasteiger partial charge in [0.05, 0.1) is 5.56 Å². The molecule has 0 aliphatic heterocycles. The number of hydrogen-bond acceptors (Lipinski definition) is 2. The molecule has 0 aliphatic carbocycles. The molecule has 0 N–H and O–H groups in total. The molecule has 0 spiro atoms. The van der Waals surface area contributed by atoms with Gasteiger partial charge in [-0.15, -0.1) is 5.26 Å². The predicted molar refractivity (Wildman–Crippen MR) is 37.7 cm³/mol. The Balaban J connectivity index is 3.14. The van der Waals surface area contributed by atoms with Gasteiger partial charge in [-0.05, 0) is 12.1 Å². The Kier molecular flexibility index (Phi) is 2.42. The molecule has 0 aromatic heterocycles. The zero-order valence-electron chi connectivity index (χ0n) is 6.30. The molecule has 0 saturated heterocycles. The Morgan fingerprint density at radius 3 is 2.38 bits per heavy atom. The summed E-state index contributed by atoms with van der Waals surface area (Å²) in [5.74, 6) is -0.475. The van der Waals surface area contributed by atoms with Crippen LogP contribution < -0.4 is 4.74 Å². The van der Waals surface area contributed by atoms with E-state index < -0.39 is 17.5 Å². The van der Waals surface area contributed by atoms with Crippen molar-refractivity contribution in [3.8, 4) is 12.0 Å². The lowest BCUT2D eigenvalue weighted by molar-refractivity contribution is -0.138. The third-order valence-corrected chi connectivity index (χ3v) is 1.35. The highest BCUT2D eigenvalue weighted by atomic mass is 19.4. The second-order valence-electron chi connectivity index (χ2n) is 2.19. The molecule has 68 valence electrons. The molecule has 0 radical (unpaired) electrons. The predicted octanol–water partition coefficient (Wildman–Crippen LogP) is 2.57. The molecule has 1 rings (SSSR count). The van der Waals surface area contributed by atoms with E-state index in [9.17, 15) is 13.2 Å². The second kappa shape index (κ2) is 3.35. The SMILES string of the molecule is N#COc1ccccc1C(F)(F)F. The van der Waals surface area contributed by atoms with Crippen molar-refractivity contribution in [2.75, 3.05) is 0 Å². The summed E-state index contributed by atoms with van der Waals surface area (Å²) in [5, 5.41) is 8.07. The van der Waals surface area contributed by atoms with Crippen molar-refractivity contribution < 1.29 is 17.9 Å². The third-order valence-electron chi connectivity index (χ3n) is 1.35. The summed E-state index contributed by atoms with van der Waals surface area (Å²) in [6, 6.07) is 4.54. The summed E-state index contributed by atoms with van der Waals surface area (Å²) in [7, 11) is 0. The van der Waals surface area contributed by atoms with Gasteiger partial charge in [-0.2, -0.15) is 13.2 Å². The normalized spacial score (nSPS) is 10.6. The summed E-state index contributed by atoms with van der Waals surface area (Å²) in [6.07, 6.45) is -3.30. The Hall–Kier alpha value is -1.70. The quantitative estimate of drug-likeness (QED) is 0.633. The van der Waals surface area contributed by atoms with Crippen LogP contribution in [-0.4, -0.2) is 0 Å². The molecule has 1 aromatic carbocycles. The highest BCUT2D eigenvalue weighted by Gasteiger charge is 2.34. The van der Waals surface area contributed by atoms with Gasteiger partial charge in [0.2, 0.25) is 0 Å². The van der Waals surface area contributed by atoms with Gasteiger partial charge in [-0.3, -0.25) is 0 Å². The topological polar surface area (TPSA) is 33.0 Å². The number of nitrogens with zero attached hydrogens (tertiary/aromatic N) is 1. The molecular formula is C8H4F3NO. The van der Waals surface area contributed by atoms with Crippen LogP contribution in [0.15, 0.2) is 24.3 Å². The zero-order chi connectivity index (χ0) is 9.90. The molecule has 2 nitrogen and oxygen atoms in total. The van der Waals surface area contributed by atoms with Crippen LogP contribution in [0.5, 0.6) is 5.75 Å². The van der Waals surface area contributed by atoms with E-state index in [0.717, 1.165) is 12.1 Å². The lowest BCUT2D eigenvalue weighted by atomic mass is 10.2. The third kappa shape index (κ3) is 2.12. The van der Waals surface area contributed by atoms with Crippen LogP contribution in [0.2, 0.25) is 0 Å². The number of para-hydroxylation sites is 1. The van der Waals surface area contributed by atoms with Crippen molar-refractivity contribution in [2.45, 2.75) is 6.18 Å². The largest absolute Gasteiger partial charge is 0.420 e. The summed E-state index contributed by atoms with van der Waals surface area (Å²) in [4.78, 5) is 0. The lowest BCUT2D eigenvalue weighted by Gasteiger charge is -2.08. The van der Waals surface area contributed by atoms with Gasteiger partial charge in [0.15, 0.2) is 5.75 Å². The smallest absolute Gasteiger partial charge is 0.387 e.